The van der Waals surface area contributed by atoms with Crippen LogP contribution in [0.5, 0.6) is 5.75 Å². The van der Waals surface area contributed by atoms with Crippen molar-refractivity contribution in [1.82, 2.24) is 30.1 Å². The van der Waals surface area contributed by atoms with E-state index in [4.69, 9.17) is 13.8 Å². The second-order valence-corrected chi connectivity index (χ2v) is 8.37. The zero-order chi connectivity index (χ0) is 24.2. The normalized spacial score (nSPS) is 15.2. The predicted molar refractivity (Wildman–Crippen MR) is 125 cm³/mol. The van der Waals surface area contributed by atoms with E-state index in [1.54, 1.807) is 31.2 Å². The Hall–Kier alpha value is -4.05. The first-order valence-electron chi connectivity index (χ1n) is 11.5. The van der Waals surface area contributed by atoms with Gasteiger partial charge in [-0.15, -0.1) is 0 Å². The van der Waals surface area contributed by atoms with Crippen molar-refractivity contribution in [2.75, 3.05) is 26.2 Å². The van der Waals surface area contributed by atoms with Gasteiger partial charge in [0.1, 0.15) is 5.75 Å². The van der Waals surface area contributed by atoms with Crippen LogP contribution in [0.4, 0.5) is 0 Å². The molecule has 1 aliphatic rings. The topological polar surface area (TPSA) is 111 Å². The standard InChI is InChI=1S/C25H26N6O4/c1-17(24-27-23(29-35-24)19-6-4-3-5-7-19)30-12-14-31(15-13-30)25(32)20-8-10-21(11-9-20)33-16-22-26-18(2)34-28-22/h3-11,17H,12-16H2,1-2H3. The Morgan fingerprint density at radius 2 is 1.71 bits per heavy atom. The average Bonchev–Trinajstić information content (AvgIpc) is 3.57. The van der Waals surface area contributed by atoms with Gasteiger partial charge in [0.25, 0.3) is 5.91 Å². The van der Waals surface area contributed by atoms with Gasteiger partial charge in [-0.05, 0) is 31.2 Å². The Labute approximate surface area is 202 Å². The molecule has 0 spiro atoms. The SMILES string of the molecule is Cc1nc(COc2ccc(C(=O)N3CCN(C(C)c4nc(-c5ccccc5)no4)CC3)cc2)no1. The summed E-state index contributed by atoms with van der Waals surface area (Å²) in [6, 6.07) is 16.8. The van der Waals surface area contributed by atoms with Gasteiger partial charge in [-0.2, -0.15) is 9.97 Å². The highest BCUT2D eigenvalue weighted by Crippen LogP contribution is 2.24. The number of rotatable bonds is 7. The van der Waals surface area contributed by atoms with E-state index in [9.17, 15) is 4.79 Å². The number of amides is 1. The van der Waals surface area contributed by atoms with E-state index in [-0.39, 0.29) is 18.6 Å². The maximum atomic E-state index is 13.0. The summed E-state index contributed by atoms with van der Waals surface area (Å²) in [6.07, 6.45) is 0. The molecule has 35 heavy (non-hydrogen) atoms. The number of nitrogens with zero attached hydrogens (tertiary/aromatic N) is 6. The summed E-state index contributed by atoms with van der Waals surface area (Å²) < 4.78 is 16.1. The predicted octanol–water partition coefficient (Wildman–Crippen LogP) is 3.53. The first-order chi connectivity index (χ1) is 17.1. The van der Waals surface area contributed by atoms with Crippen LogP contribution in [0.2, 0.25) is 0 Å². The number of benzene rings is 2. The molecule has 0 N–H and O–H groups in total. The molecule has 10 heteroatoms. The molecule has 1 unspecified atom stereocenters. The fourth-order valence-corrected chi connectivity index (χ4v) is 4.00. The summed E-state index contributed by atoms with van der Waals surface area (Å²) in [6.45, 7) is 6.68. The van der Waals surface area contributed by atoms with E-state index in [0.29, 0.717) is 47.8 Å². The number of hydrogen-bond acceptors (Lipinski definition) is 9. The minimum atomic E-state index is -0.0309. The molecule has 1 saturated heterocycles. The molecule has 3 heterocycles. The average molecular weight is 475 g/mol. The highest BCUT2D eigenvalue weighted by atomic mass is 16.5. The fraction of sp³-hybridized carbons (Fsp3) is 0.320. The molecule has 1 atom stereocenters. The molecule has 0 bridgehead atoms. The molecule has 4 aromatic rings. The van der Waals surface area contributed by atoms with Gasteiger partial charge in [-0.1, -0.05) is 40.6 Å². The van der Waals surface area contributed by atoms with Crippen LogP contribution < -0.4 is 4.74 Å². The van der Waals surface area contributed by atoms with Gasteiger partial charge in [-0.25, -0.2) is 0 Å². The minimum absolute atomic E-state index is 0.00167. The summed E-state index contributed by atoms with van der Waals surface area (Å²) in [5, 5.41) is 7.93. The van der Waals surface area contributed by atoms with Gasteiger partial charge in [-0.3, -0.25) is 9.69 Å². The third-order valence-corrected chi connectivity index (χ3v) is 6.02. The molecule has 0 radical (unpaired) electrons. The van der Waals surface area contributed by atoms with Crippen molar-refractivity contribution >= 4 is 5.91 Å². The Balaban J connectivity index is 1.13. The van der Waals surface area contributed by atoms with Crippen LogP contribution >= 0.6 is 0 Å². The largest absolute Gasteiger partial charge is 0.485 e. The lowest BCUT2D eigenvalue weighted by Crippen LogP contribution is -2.49. The highest BCUT2D eigenvalue weighted by Gasteiger charge is 2.28. The Morgan fingerprint density at radius 1 is 0.971 bits per heavy atom. The van der Waals surface area contributed by atoms with Crippen molar-refractivity contribution in [3.8, 4) is 17.1 Å². The van der Waals surface area contributed by atoms with Crippen molar-refractivity contribution in [2.45, 2.75) is 26.5 Å². The molecular weight excluding hydrogens is 448 g/mol. The molecule has 180 valence electrons. The van der Waals surface area contributed by atoms with E-state index < -0.39 is 0 Å². The van der Waals surface area contributed by atoms with Crippen molar-refractivity contribution in [3.63, 3.8) is 0 Å². The number of carbonyl (C=O) groups excluding carboxylic acids is 1. The monoisotopic (exact) mass is 474 g/mol. The molecular formula is C25H26N6O4. The third-order valence-electron chi connectivity index (χ3n) is 6.02. The molecule has 1 amide bonds. The Kier molecular flexibility index (Phi) is 6.53. The second-order valence-electron chi connectivity index (χ2n) is 8.37. The zero-order valence-electron chi connectivity index (χ0n) is 19.6. The lowest BCUT2D eigenvalue weighted by Gasteiger charge is -2.36. The van der Waals surface area contributed by atoms with Crippen molar-refractivity contribution < 1.29 is 18.6 Å². The smallest absolute Gasteiger partial charge is 0.253 e. The first kappa shape index (κ1) is 22.7. The summed E-state index contributed by atoms with van der Waals surface area (Å²) >= 11 is 0. The molecule has 0 saturated carbocycles. The minimum Gasteiger partial charge on any atom is -0.485 e. The second kappa shape index (κ2) is 10.1. The highest BCUT2D eigenvalue weighted by molar-refractivity contribution is 5.94. The molecule has 5 rings (SSSR count). The Bertz CT molecular complexity index is 1260. The van der Waals surface area contributed by atoms with E-state index >= 15 is 0 Å². The number of carbonyl (C=O) groups is 1. The van der Waals surface area contributed by atoms with Gasteiger partial charge in [0.15, 0.2) is 6.61 Å². The molecule has 2 aromatic heterocycles. The van der Waals surface area contributed by atoms with Crippen LogP contribution in [0.25, 0.3) is 11.4 Å². The summed E-state index contributed by atoms with van der Waals surface area (Å²) in [7, 11) is 0. The molecule has 1 fully saturated rings. The van der Waals surface area contributed by atoms with Gasteiger partial charge >= 0.3 is 0 Å². The molecule has 0 aliphatic carbocycles. The van der Waals surface area contributed by atoms with E-state index in [2.05, 4.69) is 25.2 Å². The van der Waals surface area contributed by atoms with Gasteiger partial charge < -0.3 is 18.7 Å². The number of aromatic nitrogens is 4. The summed E-state index contributed by atoms with van der Waals surface area (Å²) in [5.41, 5.74) is 1.55. The third kappa shape index (κ3) is 5.22. The molecule has 2 aromatic carbocycles. The first-order valence-corrected chi connectivity index (χ1v) is 11.5. The number of piperazine rings is 1. The van der Waals surface area contributed by atoms with E-state index in [1.807, 2.05) is 42.2 Å². The van der Waals surface area contributed by atoms with Crippen LogP contribution in [0.1, 0.15) is 40.9 Å². The van der Waals surface area contributed by atoms with Crippen LogP contribution in [0.15, 0.2) is 63.6 Å². The quantitative estimate of drug-likeness (QED) is 0.397. The summed E-state index contributed by atoms with van der Waals surface area (Å²) in [5.74, 6) is 2.77. The fourth-order valence-electron chi connectivity index (χ4n) is 4.00. The van der Waals surface area contributed by atoms with Gasteiger partial charge in [0.05, 0.1) is 6.04 Å². The van der Waals surface area contributed by atoms with Gasteiger partial charge in [0, 0.05) is 44.2 Å². The summed E-state index contributed by atoms with van der Waals surface area (Å²) in [4.78, 5) is 25.8. The van der Waals surface area contributed by atoms with Gasteiger partial charge in [0.2, 0.25) is 23.4 Å². The molecule has 10 nitrogen and oxygen atoms in total. The van der Waals surface area contributed by atoms with Crippen LogP contribution in [-0.4, -0.2) is 62.2 Å². The van der Waals surface area contributed by atoms with Crippen molar-refractivity contribution in [1.29, 1.82) is 0 Å². The lowest BCUT2D eigenvalue weighted by atomic mass is 10.1. The number of aryl methyl sites for hydroxylation is 1. The van der Waals surface area contributed by atoms with E-state index in [0.717, 1.165) is 18.7 Å². The maximum absolute atomic E-state index is 13.0. The van der Waals surface area contributed by atoms with Crippen LogP contribution in [-0.2, 0) is 6.61 Å². The molecule has 1 aliphatic heterocycles. The maximum Gasteiger partial charge on any atom is 0.253 e. The Morgan fingerprint density at radius 3 is 2.40 bits per heavy atom. The van der Waals surface area contributed by atoms with Crippen molar-refractivity contribution in [3.05, 3.63) is 77.8 Å². The number of ether oxygens (including phenoxy) is 1. The zero-order valence-corrected chi connectivity index (χ0v) is 19.6. The number of hydrogen-bond donors (Lipinski definition) is 0. The van der Waals surface area contributed by atoms with Crippen LogP contribution in [0.3, 0.4) is 0 Å². The van der Waals surface area contributed by atoms with Crippen LogP contribution in [0, 0.1) is 6.92 Å². The lowest BCUT2D eigenvalue weighted by molar-refractivity contribution is 0.0551. The van der Waals surface area contributed by atoms with E-state index in [1.165, 1.54) is 0 Å². The van der Waals surface area contributed by atoms with Crippen molar-refractivity contribution in [2.24, 2.45) is 0 Å².